The second-order valence-electron chi connectivity index (χ2n) is 8.09. The quantitative estimate of drug-likeness (QED) is 0.291. The Kier molecular flexibility index (Phi) is 5.32. The molecule has 0 spiro atoms. The van der Waals surface area contributed by atoms with Crippen molar-refractivity contribution in [1.29, 1.82) is 0 Å². The first-order valence-corrected chi connectivity index (χ1v) is 12.2. The average molecular weight is 486 g/mol. The summed E-state index contributed by atoms with van der Waals surface area (Å²) < 4.78 is 10.5. The monoisotopic (exact) mass is 485 g/mol. The molecule has 0 aliphatic heterocycles. The molecule has 0 aliphatic carbocycles. The van der Waals surface area contributed by atoms with Crippen LogP contribution in [0.2, 0.25) is 5.02 Å². The second kappa shape index (κ2) is 8.63. The summed E-state index contributed by atoms with van der Waals surface area (Å²) in [6, 6.07) is 23.4. The van der Waals surface area contributed by atoms with Crippen LogP contribution in [0.3, 0.4) is 0 Å². The van der Waals surface area contributed by atoms with Crippen molar-refractivity contribution in [3.63, 3.8) is 0 Å². The zero-order chi connectivity index (χ0) is 23.1. The van der Waals surface area contributed by atoms with Gasteiger partial charge in [-0.2, -0.15) is 0 Å². The molecular weight excluding hydrogens is 466 g/mol. The van der Waals surface area contributed by atoms with Crippen molar-refractivity contribution < 1.29 is 4.74 Å². The highest BCUT2D eigenvalue weighted by Crippen LogP contribution is 2.23. The van der Waals surface area contributed by atoms with Crippen molar-refractivity contribution in [3.8, 4) is 5.75 Å². The summed E-state index contributed by atoms with van der Waals surface area (Å²) in [7, 11) is 0. The lowest BCUT2D eigenvalue weighted by atomic mass is 10.2. The van der Waals surface area contributed by atoms with E-state index in [1.807, 2.05) is 66.7 Å². The van der Waals surface area contributed by atoms with Crippen LogP contribution in [0.5, 0.6) is 5.75 Å². The van der Waals surface area contributed by atoms with Gasteiger partial charge in [-0.3, -0.25) is 4.79 Å². The first kappa shape index (κ1) is 21.0. The average Bonchev–Trinajstić information content (AvgIpc) is 3.49. The molecule has 3 heterocycles. The van der Waals surface area contributed by atoms with Crippen LogP contribution < -0.4 is 14.8 Å². The number of hydrogen-bond donors (Lipinski definition) is 0. The van der Waals surface area contributed by atoms with Gasteiger partial charge < -0.3 is 9.30 Å². The third-order valence-electron chi connectivity index (χ3n) is 5.88. The normalized spacial score (nSPS) is 12.3. The van der Waals surface area contributed by atoms with Gasteiger partial charge in [-0.15, -0.1) is 0 Å². The van der Waals surface area contributed by atoms with Gasteiger partial charge in [0.2, 0.25) is 0 Å². The third-order valence-corrected chi connectivity index (χ3v) is 7.10. The summed E-state index contributed by atoms with van der Waals surface area (Å²) in [6.45, 7) is 1.41. The standard InChI is InChI=1S/C27H20ClN3O2S/c28-19-10-12-20(13-11-19)33-15-5-14-30-17-18(21-6-1-3-8-23(21)30)16-25-26(32)31-24-9-4-2-7-22(24)29-27(31)34-25/h1-4,6-13,16-17H,5,14-15H2. The number of para-hydroxylation sites is 3. The van der Waals surface area contributed by atoms with Crippen LogP contribution in [0.4, 0.5) is 0 Å². The molecule has 0 saturated heterocycles. The highest BCUT2D eigenvalue weighted by atomic mass is 35.5. The van der Waals surface area contributed by atoms with Crippen LogP contribution in [0.25, 0.3) is 33.0 Å². The molecule has 0 bridgehead atoms. The van der Waals surface area contributed by atoms with Gasteiger partial charge in [0.1, 0.15) is 5.75 Å². The molecule has 7 heteroatoms. The van der Waals surface area contributed by atoms with Gasteiger partial charge in [0.15, 0.2) is 4.96 Å². The zero-order valence-electron chi connectivity index (χ0n) is 18.1. The Morgan fingerprint density at radius 1 is 0.971 bits per heavy atom. The lowest BCUT2D eigenvalue weighted by Crippen LogP contribution is -2.22. The highest BCUT2D eigenvalue weighted by Gasteiger charge is 2.12. The molecule has 0 N–H and O–H groups in total. The zero-order valence-corrected chi connectivity index (χ0v) is 19.7. The Balaban J connectivity index is 1.30. The van der Waals surface area contributed by atoms with Crippen molar-refractivity contribution in [2.45, 2.75) is 13.0 Å². The van der Waals surface area contributed by atoms with E-state index in [1.165, 1.54) is 11.3 Å². The minimum atomic E-state index is -0.0260. The van der Waals surface area contributed by atoms with E-state index in [2.05, 4.69) is 27.9 Å². The Bertz CT molecular complexity index is 1750. The number of halogens is 1. The maximum absolute atomic E-state index is 13.2. The van der Waals surface area contributed by atoms with E-state index in [-0.39, 0.29) is 5.56 Å². The van der Waals surface area contributed by atoms with Crippen molar-refractivity contribution >= 4 is 55.9 Å². The molecule has 6 rings (SSSR count). The van der Waals surface area contributed by atoms with Crippen LogP contribution >= 0.6 is 22.9 Å². The van der Waals surface area contributed by atoms with E-state index < -0.39 is 0 Å². The van der Waals surface area contributed by atoms with E-state index in [0.717, 1.165) is 51.2 Å². The summed E-state index contributed by atoms with van der Waals surface area (Å²) in [5.41, 5.74) is 3.83. The number of hydrogen-bond acceptors (Lipinski definition) is 4. The molecule has 0 amide bonds. The van der Waals surface area contributed by atoms with Crippen molar-refractivity contribution in [2.75, 3.05) is 6.61 Å². The van der Waals surface area contributed by atoms with Crippen LogP contribution in [0.1, 0.15) is 12.0 Å². The second-order valence-corrected chi connectivity index (χ2v) is 9.53. The van der Waals surface area contributed by atoms with Gasteiger partial charge in [-0.25, -0.2) is 9.38 Å². The molecule has 3 aromatic heterocycles. The molecule has 34 heavy (non-hydrogen) atoms. The number of rotatable bonds is 6. The van der Waals surface area contributed by atoms with Gasteiger partial charge in [0, 0.05) is 34.2 Å². The van der Waals surface area contributed by atoms with Crippen LogP contribution in [0, 0.1) is 0 Å². The molecule has 3 aromatic carbocycles. The summed E-state index contributed by atoms with van der Waals surface area (Å²) in [5.74, 6) is 0.814. The number of aryl methyl sites for hydroxylation is 1. The SMILES string of the molecule is O=c1c(=Cc2cn(CCCOc3ccc(Cl)cc3)c3ccccc23)sc2nc3ccccc3n12. The van der Waals surface area contributed by atoms with Crippen molar-refractivity contribution in [3.05, 3.63) is 104 Å². The minimum absolute atomic E-state index is 0.0260. The summed E-state index contributed by atoms with van der Waals surface area (Å²) in [6.07, 6.45) is 4.96. The fraction of sp³-hybridized carbons (Fsp3) is 0.111. The Morgan fingerprint density at radius 2 is 1.74 bits per heavy atom. The molecule has 0 saturated carbocycles. The molecule has 0 aliphatic rings. The number of ether oxygens (including phenoxy) is 1. The lowest BCUT2D eigenvalue weighted by Gasteiger charge is -2.08. The molecule has 6 aromatic rings. The summed E-state index contributed by atoms with van der Waals surface area (Å²) >= 11 is 7.36. The highest BCUT2D eigenvalue weighted by molar-refractivity contribution is 7.15. The van der Waals surface area contributed by atoms with E-state index in [9.17, 15) is 4.79 Å². The van der Waals surface area contributed by atoms with Crippen LogP contribution in [0.15, 0.2) is 83.8 Å². The van der Waals surface area contributed by atoms with E-state index >= 15 is 0 Å². The molecule has 5 nitrogen and oxygen atoms in total. The predicted molar refractivity (Wildman–Crippen MR) is 139 cm³/mol. The number of thiazole rings is 1. The molecule has 0 radical (unpaired) electrons. The number of fused-ring (bicyclic) bond motifs is 4. The number of benzene rings is 3. The van der Waals surface area contributed by atoms with Crippen molar-refractivity contribution in [1.82, 2.24) is 14.0 Å². The van der Waals surface area contributed by atoms with Gasteiger partial charge in [0.05, 0.1) is 22.2 Å². The largest absolute Gasteiger partial charge is 0.494 e. The van der Waals surface area contributed by atoms with E-state index in [0.29, 0.717) is 16.2 Å². The van der Waals surface area contributed by atoms with Crippen LogP contribution in [-0.2, 0) is 6.54 Å². The topological polar surface area (TPSA) is 48.5 Å². The molecule has 0 atom stereocenters. The van der Waals surface area contributed by atoms with Crippen molar-refractivity contribution in [2.24, 2.45) is 0 Å². The molecule has 0 unspecified atom stereocenters. The first-order chi connectivity index (χ1) is 16.7. The Hall–Kier alpha value is -3.61. The van der Waals surface area contributed by atoms with E-state index in [4.69, 9.17) is 16.3 Å². The van der Waals surface area contributed by atoms with Gasteiger partial charge in [-0.1, -0.05) is 53.3 Å². The smallest absolute Gasteiger partial charge is 0.274 e. The fourth-order valence-electron chi connectivity index (χ4n) is 4.28. The number of nitrogens with zero attached hydrogens (tertiary/aromatic N) is 3. The lowest BCUT2D eigenvalue weighted by molar-refractivity contribution is 0.302. The maximum Gasteiger partial charge on any atom is 0.274 e. The summed E-state index contributed by atoms with van der Waals surface area (Å²) in [5, 5.41) is 1.82. The van der Waals surface area contributed by atoms with Crippen LogP contribution in [-0.4, -0.2) is 20.6 Å². The molecule has 168 valence electrons. The van der Waals surface area contributed by atoms with Gasteiger partial charge in [0.25, 0.3) is 5.56 Å². The predicted octanol–water partition coefficient (Wildman–Crippen LogP) is 5.53. The first-order valence-electron chi connectivity index (χ1n) is 11.1. The fourth-order valence-corrected chi connectivity index (χ4v) is 5.39. The number of imidazole rings is 1. The van der Waals surface area contributed by atoms with E-state index in [1.54, 1.807) is 4.40 Å². The molecular formula is C27H20ClN3O2S. The molecule has 0 fully saturated rings. The number of aromatic nitrogens is 3. The third kappa shape index (κ3) is 3.75. The maximum atomic E-state index is 13.2. The minimum Gasteiger partial charge on any atom is -0.494 e. The van der Waals surface area contributed by atoms with Gasteiger partial charge in [-0.05, 0) is 55.0 Å². The Morgan fingerprint density at radius 3 is 2.59 bits per heavy atom. The Labute approximate surface area is 204 Å². The summed E-state index contributed by atoms with van der Waals surface area (Å²) in [4.78, 5) is 18.5. The van der Waals surface area contributed by atoms with Gasteiger partial charge >= 0.3 is 0 Å².